The minimum Gasteiger partial charge on any atom is -0.478 e. The molecule has 6 nitrogen and oxygen atoms in total. The van der Waals surface area contributed by atoms with Gasteiger partial charge in [-0.05, 0) is 32.0 Å². The maximum Gasteiger partial charge on any atom is 0.337 e. The second-order valence-corrected chi connectivity index (χ2v) is 7.11. The minimum absolute atomic E-state index is 0.0438. The van der Waals surface area contributed by atoms with Crippen LogP contribution in [0.2, 0.25) is 0 Å². The van der Waals surface area contributed by atoms with Crippen LogP contribution in [0.1, 0.15) is 24.2 Å². The van der Waals surface area contributed by atoms with E-state index < -0.39 is 16.0 Å². The number of carbonyl (C=O) groups is 1. The highest BCUT2D eigenvalue weighted by atomic mass is 32.2. The van der Waals surface area contributed by atoms with Crippen LogP contribution in [-0.2, 0) is 10.0 Å². The third-order valence-electron chi connectivity index (χ3n) is 2.80. The van der Waals surface area contributed by atoms with Gasteiger partial charge in [0.1, 0.15) is 0 Å². The Morgan fingerprint density at radius 1 is 1.33 bits per heavy atom. The number of sulfonamides is 1. The van der Waals surface area contributed by atoms with E-state index in [2.05, 4.69) is 5.32 Å². The predicted octanol–water partition coefficient (Wildman–Crippen LogP) is 2.01. The first-order chi connectivity index (χ1) is 9.66. The number of allylic oxidation sites excluding steroid dienone is 1. The maximum absolute atomic E-state index is 12.0. The van der Waals surface area contributed by atoms with Crippen molar-refractivity contribution >= 4 is 21.7 Å². The molecule has 0 heterocycles. The third-order valence-corrected chi connectivity index (χ3v) is 4.61. The Labute approximate surface area is 125 Å². The first-order valence-electron chi connectivity index (χ1n) is 6.33. The number of nitrogens with zero attached hydrogens (tertiary/aromatic N) is 1. The highest BCUT2D eigenvalue weighted by Crippen LogP contribution is 2.22. The molecule has 2 N–H and O–H groups in total. The Morgan fingerprint density at radius 2 is 1.95 bits per heavy atom. The van der Waals surface area contributed by atoms with E-state index >= 15 is 0 Å². The Hall–Kier alpha value is -1.86. The number of hydrogen-bond acceptors (Lipinski definition) is 4. The second-order valence-electron chi connectivity index (χ2n) is 4.96. The molecule has 0 saturated heterocycles. The molecule has 7 heteroatoms. The number of hydrogen-bond donors (Lipinski definition) is 2. The Morgan fingerprint density at radius 3 is 2.43 bits per heavy atom. The van der Waals surface area contributed by atoms with Gasteiger partial charge < -0.3 is 10.4 Å². The van der Waals surface area contributed by atoms with Crippen LogP contribution >= 0.6 is 0 Å². The predicted molar refractivity (Wildman–Crippen MR) is 82.2 cm³/mol. The monoisotopic (exact) mass is 312 g/mol. The highest BCUT2D eigenvalue weighted by molar-refractivity contribution is 7.89. The van der Waals surface area contributed by atoms with Gasteiger partial charge in [-0.15, -0.1) is 0 Å². The summed E-state index contributed by atoms with van der Waals surface area (Å²) >= 11 is 0. The standard InChI is InChI=1S/C14H20N2O4S/c1-10(2)7-8-15-13-6-5-11(9-12(13)14(17)18)21(19,20)16(3)4/h5-7,9,15H,8H2,1-4H3,(H,17,18). The minimum atomic E-state index is -3.65. The summed E-state index contributed by atoms with van der Waals surface area (Å²) in [5.74, 6) is -1.18. The van der Waals surface area contributed by atoms with Gasteiger partial charge in [-0.25, -0.2) is 17.5 Å². The van der Waals surface area contributed by atoms with Crippen LogP contribution in [0.5, 0.6) is 0 Å². The molecular formula is C14H20N2O4S. The van der Waals surface area contributed by atoms with Crippen LogP contribution < -0.4 is 5.32 Å². The van der Waals surface area contributed by atoms with Crippen LogP contribution in [0, 0.1) is 0 Å². The summed E-state index contributed by atoms with van der Waals surface area (Å²) in [6.07, 6.45) is 1.91. The van der Waals surface area contributed by atoms with Gasteiger partial charge in [0.25, 0.3) is 0 Å². The summed E-state index contributed by atoms with van der Waals surface area (Å²) in [5, 5.41) is 12.2. The topological polar surface area (TPSA) is 86.7 Å². The molecule has 0 unspecified atom stereocenters. The van der Waals surface area contributed by atoms with Crippen molar-refractivity contribution in [2.75, 3.05) is 26.0 Å². The van der Waals surface area contributed by atoms with E-state index in [1.165, 1.54) is 32.3 Å². The number of carboxylic acids is 1. The highest BCUT2D eigenvalue weighted by Gasteiger charge is 2.20. The van der Waals surface area contributed by atoms with E-state index in [4.69, 9.17) is 0 Å². The molecule has 21 heavy (non-hydrogen) atoms. The lowest BCUT2D eigenvalue weighted by atomic mass is 10.2. The lowest BCUT2D eigenvalue weighted by molar-refractivity contribution is 0.0697. The normalized spacial score (nSPS) is 11.3. The lowest BCUT2D eigenvalue weighted by Gasteiger charge is -2.14. The van der Waals surface area contributed by atoms with Gasteiger partial charge in [0.2, 0.25) is 10.0 Å². The summed E-state index contributed by atoms with van der Waals surface area (Å²) < 4.78 is 25.1. The van der Waals surface area contributed by atoms with Crippen molar-refractivity contribution in [3.8, 4) is 0 Å². The van der Waals surface area contributed by atoms with E-state index in [0.29, 0.717) is 12.2 Å². The fourth-order valence-electron chi connectivity index (χ4n) is 1.59. The van der Waals surface area contributed by atoms with Gasteiger partial charge in [0, 0.05) is 26.3 Å². The first kappa shape index (κ1) is 17.2. The molecule has 0 saturated carbocycles. The molecule has 0 aromatic heterocycles. The molecule has 0 aliphatic carbocycles. The molecular weight excluding hydrogens is 292 g/mol. The largest absolute Gasteiger partial charge is 0.478 e. The number of carboxylic acid groups (broad SMARTS) is 1. The third kappa shape index (κ3) is 4.30. The molecule has 1 aromatic carbocycles. The van der Waals surface area contributed by atoms with Gasteiger partial charge >= 0.3 is 5.97 Å². The molecule has 116 valence electrons. The van der Waals surface area contributed by atoms with E-state index in [1.807, 2.05) is 19.9 Å². The van der Waals surface area contributed by atoms with Crippen LogP contribution in [0.3, 0.4) is 0 Å². The van der Waals surface area contributed by atoms with Gasteiger partial charge in [-0.2, -0.15) is 0 Å². The van der Waals surface area contributed by atoms with Crippen molar-refractivity contribution in [3.63, 3.8) is 0 Å². The molecule has 0 atom stereocenters. The van der Waals surface area contributed by atoms with E-state index in [9.17, 15) is 18.3 Å². The number of aromatic carboxylic acids is 1. The Balaban J connectivity index is 3.20. The fourth-order valence-corrected chi connectivity index (χ4v) is 2.52. The van der Waals surface area contributed by atoms with Crippen molar-refractivity contribution < 1.29 is 18.3 Å². The number of nitrogens with one attached hydrogen (secondary N) is 1. The van der Waals surface area contributed by atoms with Crippen molar-refractivity contribution in [2.45, 2.75) is 18.7 Å². The molecule has 0 aliphatic rings. The fraction of sp³-hybridized carbons (Fsp3) is 0.357. The SMILES string of the molecule is CC(C)=CCNc1ccc(S(=O)(=O)N(C)C)cc1C(=O)O. The lowest BCUT2D eigenvalue weighted by Crippen LogP contribution is -2.22. The van der Waals surface area contributed by atoms with Crippen molar-refractivity contribution in [1.29, 1.82) is 0 Å². The summed E-state index contributed by atoms with van der Waals surface area (Å²) in [6, 6.07) is 4.04. The zero-order valence-electron chi connectivity index (χ0n) is 12.5. The molecule has 0 bridgehead atoms. The second kappa shape index (κ2) is 6.73. The average Bonchev–Trinajstić information content (AvgIpc) is 2.37. The van der Waals surface area contributed by atoms with Crippen LogP contribution in [0.4, 0.5) is 5.69 Å². The number of rotatable bonds is 6. The van der Waals surface area contributed by atoms with Gasteiger partial charge in [-0.3, -0.25) is 0 Å². The van der Waals surface area contributed by atoms with E-state index in [0.717, 1.165) is 9.88 Å². The average molecular weight is 312 g/mol. The molecule has 0 aliphatic heterocycles. The Bertz CT molecular complexity index is 660. The molecule has 0 radical (unpaired) electrons. The molecule has 1 aromatic rings. The summed E-state index contributed by atoms with van der Waals surface area (Å²) in [5.41, 5.74) is 1.42. The molecule has 0 fully saturated rings. The molecule has 0 spiro atoms. The maximum atomic E-state index is 12.0. The Kier molecular flexibility index (Phi) is 5.51. The first-order valence-corrected chi connectivity index (χ1v) is 7.77. The quantitative estimate of drug-likeness (QED) is 0.785. The van der Waals surface area contributed by atoms with Gasteiger partial charge in [0.15, 0.2) is 0 Å². The van der Waals surface area contributed by atoms with Crippen LogP contribution in [0.25, 0.3) is 0 Å². The molecule has 1 rings (SSSR count). The van der Waals surface area contributed by atoms with Crippen molar-refractivity contribution in [2.24, 2.45) is 0 Å². The number of anilines is 1. The van der Waals surface area contributed by atoms with Crippen LogP contribution in [0.15, 0.2) is 34.7 Å². The summed E-state index contributed by atoms with van der Waals surface area (Å²) in [4.78, 5) is 11.3. The van der Waals surface area contributed by atoms with E-state index in [-0.39, 0.29) is 10.5 Å². The molecule has 0 amide bonds. The summed E-state index contributed by atoms with van der Waals surface area (Å²) in [7, 11) is -0.854. The van der Waals surface area contributed by atoms with E-state index in [1.54, 1.807) is 0 Å². The van der Waals surface area contributed by atoms with Gasteiger partial charge in [0.05, 0.1) is 10.5 Å². The smallest absolute Gasteiger partial charge is 0.337 e. The zero-order valence-corrected chi connectivity index (χ0v) is 13.4. The van der Waals surface area contributed by atoms with Crippen molar-refractivity contribution in [1.82, 2.24) is 4.31 Å². The van der Waals surface area contributed by atoms with Crippen LogP contribution in [-0.4, -0.2) is 44.4 Å². The van der Waals surface area contributed by atoms with Gasteiger partial charge in [-0.1, -0.05) is 11.6 Å². The number of benzene rings is 1. The zero-order chi connectivity index (χ0) is 16.2. The summed E-state index contributed by atoms with van der Waals surface area (Å²) in [6.45, 7) is 4.35. The van der Waals surface area contributed by atoms with Crippen molar-refractivity contribution in [3.05, 3.63) is 35.4 Å².